The van der Waals surface area contributed by atoms with Crippen LogP contribution in [0, 0.1) is 24.8 Å². The van der Waals surface area contributed by atoms with Crippen LogP contribution in [-0.4, -0.2) is 16.3 Å². The van der Waals surface area contributed by atoms with Gasteiger partial charge in [-0.1, -0.05) is 54.6 Å². The number of aryl methyl sites for hydroxylation is 1. The summed E-state index contributed by atoms with van der Waals surface area (Å²) in [5.41, 5.74) is 5.02. The minimum Gasteiger partial charge on any atom is -0.405 e. The highest BCUT2D eigenvalue weighted by atomic mass is 19.4. The van der Waals surface area contributed by atoms with Crippen LogP contribution in [0.1, 0.15) is 16.7 Å². The molecular weight excluding hydrogens is 561 g/mol. The van der Waals surface area contributed by atoms with E-state index in [2.05, 4.69) is 14.6 Å². The Morgan fingerprint density at radius 2 is 1.30 bits per heavy atom. The molecule has 4 aromatic carbocycles. The van der Waals surface area contributed by atoms with Gasteiger partial charge in [0, 0.05) is 39.9 Å². The Kier molecular flexibility index (Phi) is 6.16. The summed E-state index contributed by atoms with van der Waals surface area (Å²) >= 11 is 0. The number of halogens is 3. The summed E-state index contributed by atoms with van der Waals surface area (Å²) in [5, 5.41) is 13.3. The number of hydrogen-bond acceptors (Lipinski definition) is 4. The molecule has 0 saturated carbocycles. The first-order valence-electron chi connectivity index (χ1n) is 13.6. The van der Waals surface area contributed by atoms with Crippen molar-refractivity contribution in [1.29, 1.82) is 5.26 Å². The molecule has 0 saturated heterocycles. The van der Waals surface area contributed by atoms with E-state index in [4.69, 9.17) is 11.6 Å². The first-order valence-corrected chi connectivity index (χ1v) is 13.6. The second-order valence-electron chi connectivity index (χ2n) is 10.4. The molecule has 0 unspecified atom stereocenters. The van der Waals surface area contributed by atoms with Gasteiger partial charge in [-0.15, -0.1) is 13.2 Å². The minimum atomic E-state index is -5.00. The Bertz CT molecular complexity index is 2260. The fourth-order valence-electron chi connectivity index (χ4n) is 6.00. The normalized spacial score (nSPS) is 13.2. The van der Waals surface area contributed by atoms with E-state index in [1.165, 1.54) is 6.07 Å². The first kappa shape index (κ1) is 26.9. The van der Waals surface area contributed by atoms with Crippen molar-refractivity contribution in [2.45, 2.75) is 13.3 Å². The number of fused-ring (bicyclic) bond motifs is 5. The van der Waals surface area contributed by atoms with Crippen LogP contribution in [-0.2, 0) is 0 Å². The van der Waals surface area contributed by atoms with Gasteiger partial charge in [0.1, 0.15) is 5.75 Å². The molecule has 0 spiro atoms. The van der Waals surface area contributed by atoms with Gasteiger partial charge < -0.3 is 4.74 Å². The van der Waals surface area contributed by atoms with Gasteiger partial charge in [0.15, 0.2) is 0 Å². The maximum atomic E-state index is 13.8. The molecule has 0 N–H and O–H groups in total. The van der Waals surface area contributed by atoms with E-state index < -0.39 is 12.1 Å². The van der Waals surface area contributed by atoms with Crippen molar-refractivity contribution in [3.8, 4) is 45.5 Å². The molecule has 2 aromatic heterocycles. The number of benzene rings is 4. The fraction of sp³-hybridized carbons (Fsp3) is 0.0556. The van der Waals surface area contributed by atoms with E-state index >= 15 is 0 Å². The molecule has 7 rings (SSSR count). The van der Waals surface area contributed by atoms with Crippen molar-refractivity contribution >= 4 is 27.1 Å². The summed E-state index contributed by atoms with van der Waals surface area (Å²) in [4.78, 5) is 12.6. The quantitative estimate of drug-likeness (QED) is 0.154. The maximum absolute atomic E-state index is 13.8. The monoisotopic (exact) mass is 580 g/mol. The van der Waals surface area contributed by atoms with Gasteiger partial charge in [0.05, 0.1) is 24.0 Å². The van der Waals surface area contributed by atoms with Crippen molar-refractivity contribution in [3.05, 3.63) is 131 Å². The number of hydrogen-bond donors (Lipinski definition) is 0. The van der Waals surface area contributed by atoms with Crippen LogP contribution in [0.5, 0.6) is 5.75 Å². The summed E-state index contributed by atoms with van der Waals surface area (Å²) in [6, 6.07) is 27.5. The fourth-order valence-corrected chi connectivity index (χ4v) is 6.00. The number of alkyl halides is 3. The number of nitriles is 1. The number of ether oxygens (including phenoxy) is 1. The van der Waals surface area contributed by atoms with Gasteiger partial charge in [-0.3, -0.25) is 9.97 Å². The highest BCUT2D eigenvalue weighted by Gasteiger charge is 2.36. The van der Waals surface area contributed by atoms with Crippen molar-refractivity contribution in [1.82, 2.24) is 9.97 Å². The zero-order chi connectivity index (χ0) is 30.6. The van der Waals surface area contributed by atoms with E-state index in [9.17, 15) is 18.4 Å². The molecule has 1 aliphatic carbocycles. The van der Waals surface area contributed by atoms with Gasteiger partial charge in [-0.05, 0) is 75.8 Å². The molecular formula is C36H19F3N4O. The van der Waals surface area contributed by atoms with E-state index in [0.29, 0.717) is 33.3 Å². The van der Waals surface area contributed by atoms with Gasteiger partial charge >= 0.3 is 6.36 Å². The molecule has 1 aliphatic rings. The lowest BCUT2D eigenvalue weighted by Gasteiger charge is -2.17. The lowest BCUT2D eigenvalue weighted by atomic mass is 9.93. The second kappa shape index (κ2) is 10.1. The standard InChI is InChI=1S/C36H19F3N4O/c1-20-15-28-26(16-25(20)34-23-9-5-3-7-21(23)11-13-42-34)27-17-30(35-24-10-6-4-8-22(24)12-14-43-35)32(44-36(37,38)39)18-29(27)33(28)31(19-40)41-2/h3-18H,1H3/b33-31+. The minimum absolute atomic E-state index is 0.136. The van der Waals surface area contributed by atoms with Gasteiger partial charge in [0.2, 0.25) is 0 Å². The van der Waals surface area contributed by atoms with E-state index in [-0.39, 0.29) is 16.8 Å². The molecule has 44 heavy (non-hydrogen) atoms. The summed E-state index contributed by atoms with van der Waals surface area (Å²) < 4.78 is 46.0. The second-order valence-corrected chi connectivity index (χ2v) is 10.4. The van der Waals surface area contributed by atoms with Gasteiger partial charge in [-0.2, -0.15) is 0 Å². The number of rotatable bonds is 3. The Hall–Kier alpha value is -5.99. The van der Waals surface area contributed by atoms with Crippen molar-refractivity contribution < 1.29 is 17.9 Å². The highest BCUT2D eigenvalue weighted by Crippen LogP contribution is 2.52. The largest absolute Gasteiger partial charge is 0.573 e. The number of pyridine rings is 2. The third kappa shape index (κ3) is 4.33. The van der Waals surface area contributed by atoms with Crippen LogP contribution in [0.15, 0.2) is 103 Å². The Balaban J connectivity index is 1.57. The summed E-state index contributed by atoms with van der Waals surface area (Å²) in [7, 11) is 0. The third-order valence-electron chi connectivity index (χ3n) is 7.85. The molecule has 0 bridgehead atoms. The van der Waals surface area contributed by atoms with Crippen LogP contribution < -0.4 is 4.74 Å². The number of allylic oxidation sites excluding steroid dienone is 1. The van der Waals surface area contributed by atoms with Crippen LogP contribution in [0.3, 0.4) is 0 Å². The summed E-state index contributed by atoms with van der Waals surface area (Å²) in [6.45, 7) is 9.62. The Morgan fingerprint density at radius 1 is 0.750 bits per heavy atom. The molecule has 0 fully saturated rings. The molecule has 0 amide bonds. The van der Waals surface area contributed by atoms with E-state index in [1.54, 1.807) is 36.7 Å². The van der Waals surface area contributed by atoms with Crippen molar-refractivity contribution in [2.24, 2.45) is 0 Å². The molecule has 0 atom stereocenters. The zero-order valence-electron chi connectivity index (χ0n) is 23.1. The Labute approximate surface area is 250 Å². The average Bonchev–Trinajstić information content (AvgIpc) is 3.31. The molecule has 0 aliphatic heterocycles. The van der Waals surface area contributed by atoms with Crippen LogP contribution in [0.2, 0.25) is 0 Å². The van der Waals surface area contributed by atoms with Crippen LogP contribution in [0.25, 0.3) is 65.6 Å². The third-order valence-corrected chi connectivity index (χ3v) is 7.85. The molecule has 210 valence electrons. The maximum Gasteiger partial charge on any atom is 0.573 e. The van der Waals surface area contributed by atoms with Gasteiger partial charge in [-0.25, -0.2) is 10.1 Å². The SMILES string of the molecule is [C-]#[N+]/C(C#N)=C1\c2cc(C)c(-c3nccc4ccccc34)cc2-c2cc(-c3nccc4ccccc34)c(OC(F)(F)F)cc21. The Morgan fingerprint density at radius 3 is 1.86 bits per heavy atom. The van der Waals surface area contributed by atoms with E-state index in [1.807, 2.05) is 67.6 Å². The lowest BCUT2D eigenvalue weighted by molar-refractivity contribution is -0.274. The van der Waals surface area contributed by atoms with Crippen molar-refractivity contribution in [2.75, 3.05) is 0 Å². The molecule has 8 heteroatoms. The first-order chi connectivity index (χ1) is 21.3. The van der Waals surface area contributed by atoms with Crippen LogP contribution in [0.4, 0.5) is 13.2 Å². The van der Waals surface area contributed by atoms with E-state index in [0.717, 1.165) is 33.0 Å². The summed E-state index contributed by atoms with van der Waals surface area (Å²) in [6.07, 6.45) is -1.71. The number of aromatic nitrogens is 2. The predicted molar refractivity (Wildman–Crippen MR) is 163 cm³/mol. The highest BCUT2D eigenvalue weighted by molar-refractivity contribution is 6.08. The topological polar surface area (TPSA) is 63.2 Å². The molecule has 5 nitrogen and oxygen atoms in total. The zero-order valence-corrected chi connectivity index (χ0v) is 23.1. The lowest BCUT2D eigenvalue weighted by Crippen LogP contribution is -2.18. The molecule has 2 heterocycles. The smallest absolute Gasteiger partial charge is 0.405 e. The average molecular weight is 581 g/mol. The number of nitrogens with zero attached hydrogens (tertiary/aromatic N) is 4. The van der Waals surface area contributed by atoms with Crippen molar-refractivity contribution in [3.63, 3.8) is 0 Å². The molecule has 6 aromatic rings. The molecule has 0 radical (unpaired) electrons. The van der Waals surface area contributed by atoms with Gasteiger partial charge in [0.25, 0.3) is 5.70 Å². The predicted octanol–water partition coefficient (Wildman–Crippen LogP) is 9.51. The van der Waals surface area contributed by atoms with Crippen LogP contribution >= 0.6 is 0 Å². The summed E-state index contributed by atoms with van der Waals surface area (Å²) in [5.74, 6) is -0.472.